The molecule has 0 radical (unpaired) electrons. The van der Waals surface area contributed by atoms with Gasteiger partial charge in [-0.2, -0.15) is 0 Å². The Morgan fingerprint density at radius 1 is 0.393 bits per heavy atom. The monoisotopic (exact) mass is 714 g/mol. The highest BCUT2D eigenvalue weighted by atomic mass is 16.3. The van der Waals surface area contributed by atoms with Crippen LogP contribution in [0.3, 0.4) is 0 Å². The van der Waals surface area contributed by atoms with E-state index in [9.17, 15) is 0 Å². The first-order valence-electron chi connectivity index (χ1n) is 19.3. The fourth-order valence-electron chi connectivity index (χ4n) is 9.65. The molecule has 0 saturated heterocycles. The van der Waals surface area contributed by atoms with E-state index in [2.05, 4.69) is 178 Å². The summed E-state index contributed by atoms with van der Waals surface area (Å²) in [5.41, 5.74) is 15.3. The van der Waals surface area contributed by atoms with Crippen molar-refractivity contribution in [1.82, 2.24) is 9.97 Å². The Balaban J connectivity index is 1.02. The maximum atomic E-state index is 7.02. The minimum absolute atomic E-state index is 0.0787. The van der Waals surface area contributed by atoms with Crippen LogP contribution < -0.4 is 0 Å². The lowest BCUT2D eigenvalue weighted by molar-refractivity contribution is 0.660. The van der Waals surface area contributed by atoms with Crippen molar-refractivity contribution in [3.05, 3.63) is 181 Å². The van der Waals surface area contributed by atoms with Gasteiger partial charge >= 0.3 is 0 Å². The third kappa shape index (κ3) is 4.28. The Kier molecular flexibility index (Phi) is 6.40. The predicted octanol–water partition coefficient (Wildman–Crippen LogP) is 14.3. The van der Waals surface area contributed by atoms with Gasteiger partial charge in [0.2, 0.25) is 0 Å². The molecule has 2 heterocycles. The number of furan rings is 1. The van der Waals surface area contributed by atoms with Crippen LogP contribution in [0.4, 0.5) is 0 Å². The van der Waals surface area contributed by atoms with E-state index >= 15 is 0 Å². The Labute approximate surface area is 323 Å². The molecule has 0 aliphatic heterocycles. The summed E-state index contributed by atoms with van der Waals surface area (Å²) in [4.78, 5) is 10.4. The Hall–Kier alpha value is -7.10. The third-order valence-corrected chi connectivity index (χ3v) is 12.3. The molecule has 0 unspecified atom stereocenters. The molecule has 0 saturated carbocycles. The molecule has 0 bridgehead atoms. The van der Waals surface area contributed by atoms with E-state index in [1.165, 1.54) is 38.6 Å². The van der Waals surface area contributed by atoms with Crippen molar-refractivity contribution in [2.75, 3.05) is 0 Å². The number of rotatable bonds is 3. The molecule has 56 heavy (non-hydrogen) atoms. The van der Waals surface area contributed by atoms with Crippen LogP contribution in [0.2, 0.25) is 0 Å². The predicted molar refractivity (Wildman–Crippen MR) is 233 cm³/mol. The van der Waals surface area contributed by atoms with Crippen LogP contribution in [0.1, 0.15) is 25.0 Å². The van der Waals surface area contributed by atoms with E-state index in [4.69, 9.17) is 14.4 Å². The number of hydrogen-bond donors (Lipinski definition) is 0. The maximum absolute atomic E-state index is 7.02. The van der Waals surface area contributed by atoms with E-state index in [-0.39, 0.29) is 5.41 Å². The summed E-state index contributed by atoms with van der Waals surface area (Å²) in [6, 6.07) is 58.9. The van der Waals surface area contributed by atoms with Gasteiger partial charge in [0.25, 0.3) is 0 Å². The zero-order chi connectivity index (χ0) is 37.1. The number of hydrogen-bond acceptors (Lipinski definition) is 3. The van der Waals surface area contributed by atoms with Crippen molar-refractivity contribution in [2.24, 2.45) is 0 Å². The average molecular weight is 715 g/mol. The molecule has 11 aromatic rings. The molecule has 0 fully saturated rings. The molecule has 1 aliphatic carbocycles. The first kappa shape index (κ1) is 31.3. The van der Waals surface area contributed by atoms with Crippen LogP contribution in [0.15, 0.2) is 174 Å². The smallest absolute Gasteiger partial charge is 0.143 e. The van der Waals surface area contributed by atoms with E-state index in [0.29, 0.717) is 0 Å². The molecule has 0 atom stereocenters. The molecule has 3 heteroatoms. The van der Waals surface area contributed by atoms with Crippen LogP contribution in [-0.4, -0.2) is 9.97 Å². The summed E-state index contributed by atoms with van der Waals surface area (Å²) in [6.07, 6.45) is 1.94. The summed E-state index contributed by atoms with van der Waals surface area (Å²) >= 11 is 0. The second-order valence-corrected chi connectivity index (χ2v) is 15.6. The quantitative estimate of drug-likeness (QED) is 0.171. The van der Waals surface area contributed by atoms with E-state index in [0.717, 1.165) is 82.5 Å². The van der Waals surface area contributed by atoms with Crippen molar-refractivity contribution in [3.63, 3.8) is 0 Å². The lowest BCUT2D eigenvalue weighted by Crippen LogP contribution is -2.14. The minimum Gasteiger partial charge on any atom is -0.455 e. The van der Waals surface area contributed by atoms with Crippen molar-refractivity contribution in [2.45, 2.75) is 19.3 Å². The van der Waals surface area contributed by atoms with Crippen LogP contribution in [0.25, 0.3) is 110 Å². The number of nitrogens with zero attached hydrogens (tertiary/aromatic N) is 2. The molecular formula is C53H34N2O. The minimum atomic E-state index is -0.0787. The highest BCUT2D eigenvalue weighted by Crippen LogP contribution is 2.50. The van der Waals surface area contributed by atoms with E-state index < -0.39 is 0 Å². The van der Waals surface area contributed by atoms with Gasteiger partial charge < -0.3 is 4.42 Å². The number of para-hydroxylation sites is 2. The van der Waals surface area contributed by atoms with Crippen molar-refractivity contribution < 1.29 is 4.42 Å². The number of aromatic nitrogens is 2. The van der Waals surface area contributed by atoms with Gasteiger partial charge in [0, 0.05) is 43.7 Å². The Bertz CT molecular complexity index is 3430. The van der Waals surface area contributed by atoms with Crippen molar-refractivity contribution in [1.29, 1.82) is 0 Å². The van der Waals surface area contributed by atoms with Gasteiger partial charge in [-0.1, -0.05) is 172 Å². The average Bonchev–Trinajstić information content (AvgIpc) is 3.75. The highest BCUT2D eigenvalue weighted by molar-refractivity contribution is 6.23. The van der Waals surface area contributed by atoms with Gasteiger partial charge in [-0.25, -0.2) is 4.98 Å². The van der Waals surface area contributed by atoms with Crippen molar-refractivity contribution in [3.8, 4) is 44.6 Å². The zero-order valence-electron chi connectivity index (χ0n) is 31.0. The fraction of sp³-hybridized carbons (Fsp3) is 0.0566. The number of benzene rings is 9. The summed E-state index contributed by atoms with van der Waals surface area (Å²) in [7, 11) is 0. The normalized spacial score (nSPS) is 13.3. The first-order chi connectivity index (χ1) is 27.5. The third-order valence-electron chi connectivity index (χ3n) is 12.3. The molecule has 9 aromatic carbocycles. The molecule has 2 aromatic heterocycles. The van der Waals surface area contributed by atoms with Gasteiger partial charge in [0.05, 0.1) is 22.9 Å². The molecule has 0 amide bonds. The van der Waals surface area contributed by atoms with Gasteiger partial charge in [0.1, 0.15) is 11.2 Å². The Morgan fingerprint density at radius 3 is 1.66 bits per heavy atom. The molecule has 1 aliphatic rings. The van der Waals surface area contributed by atoms with E-state index in [1.807, 2.05) is 6.20 Å². The molecule has 3 nitrogen and oxygen atoms in total. The van der Waals surface area contributed by atoms with E-state index in [1.54, 1.807) is 0 Å². The summed E-state index contributed by atoms with van der Waals surface area (Å²) in [5.74, 6) is 0. The maximum Gasteiger partial charge on any atom is 0.143 e. The topological polar surface area (TPSA) is 38.9 Å². The lowest BCUT2D eigenvalue weighted by atomic mass is 9.81. The summed E-state index contributed by atoms with van der Waals surface area (Å²) in [5, 5.41) is 9.12. The van der Waals surface area contributed by atoms with Crippen molar-refractivity contribution >= 4 is 65.3 Å². The van der Waals surface area contributed by atoms with Crippen LogP contribution in [0, 0.1) is 0 Å². The molecule has 0 spiro atoms. The zero-order valence-corrected chi connectivity index (χ0v) is 31.0. The second kappa shape index (κ2) is 11.5. The van der Waals surface area contributed by atoms with Crippen LogP contribution in [0.5, 0.6) is 0 Å². The lowest BCUT2D eigenvalue weighted by Gasteiger charge is -2.22. The first-order valence-corrected chi connectivity index (χ1v) is 19.3. The van der Waals surface area contributed by atoms with Gasteiger partial charge in [-0.3, -0.25) is 4.98 Å². The fourth-order valence-corrected chi connectivity index (χ4v) is 9.65. The highest BCUT2D eigenvalue weighted by Gasteiger charge is 2.35. The largest absolute Gasteiger partial charge is 0.455 e. The van der Waals surface area contributed by atoms with Gasteiger partial charge in [-0.05, 0) is 61.0 Å². The van der Waals surface area contributed by atoms with Gasteiger partial charge in [0.15, 0.2) is 0 Å². The molecule has 12 rings (SSSR count). The SMILES string of the molecule is CC1(C)c2ccccc2-c2ccc(-c3cccc4c3oc3c(-c5cccc6c(-c7cnc8c9ccccc9c9ccccc9c8n7)cccc56)cccc34)cc21. The number of fused-ring (bicyclic) bond motifs is 13. The molecule has 262 valence electrons. The molecule has 0 N–H and O–H groups in total. The summed E-state index contributed by atoms with van der Waals surface area (Å²) < 4.78 is 7.02. The summed E-state index contributed by atoms with van der Waals surface area (Å²) in [6.45, 7) is 4.67. The Morgan fingerprint density at radius 2 is 0.911 bits per heavy atom. The second-order valence-electron chi connectivity index (χ2n) is 15.6. The van der Waals surface area contributed by atoms with Crippen LogP contribution in [-0.2, 0) is 5.41 Å². The molecular weight excluding hydrogens is 681 g/mol. The van der Waals surface area contributed by atoms with Gasteiger partial charge in [-0.15, -0.1) is 0 Å². The standard InChI is InChI=1S/C53H34N2O/c1-53(2)46-26-8-7-15-38(46)39-28-27-31(29-47(39)53)32-18-9-24-44-45-25-12-23-43(52(45)56-51(32)44)37-21-10-20-34-33(37)19-11-22-40(34)48-30-54-49-41-16-5-3-13-35(41)36-14-4-6-17-42(36)50(49)55-48/h3-30H,1-2H3. The van der Waals surface area contributed by atoms with Crippen LogP contribution >= 0.6 is 0 Å².